The molecule has 1 aliphatic rings. The third kappa shape index (κ3) is 6.61. The van der Waals surface area contributed by atoms with Crippen molar-refractivity contribution in [2.45, 2.75) is 63.7 Å². The number of allylic oxidation sites excluding steroid dienone is 1. The molecule has 0 bridgehead atoms. The Balaban J connectivity index is 1.81. The molecule has 4 nitrogen and oxygen atoms in total. The standard InChI is InChI=1S/C25H33NO3S/c1-25(2,3)30(27)26(18-21-12-6-4-7-13-21)23(24-16-10-11-17-29-24)20-28-19-22-14-8-5-9-15-22/h4-9,11-15,17,23-24H,10,16,18-20H2,1-3H3/t23-,24+,30-/m1/s1. The van der Waals surface area contributed by atoms with E-state index in [1.54, 1.807) is 6.26 Å². The van der Waals surface area contributed by atoms with Gasteiger partial charge >= 0.3 is 0 Å². The monoisotopic (exact) mass is 427 g/mol. The van der Waals surface area contributed by atoms with Gasteiger partial charge in [-0.2, -0.15) is 0 Å². The molecule has 2 aromatic carbocycles. The van der Waals surface area contributed by atoms with Crippen molar-refractivity contribution in [3.05, 3.63) is 84.1 Å². The lowest BCUT2D eigenvalue weighted by molar-refractivity contribution is -0.00431. The fraction of sp³-hybridized carbons (Fsp3) is 0.440. The summed E-state index contributed by atoms with van der Waals surface area (Å²) in [5.74, 6) is 0. The van der Waals surface area contributed by atoms with Gasteiger partial charge in [-0.1, -0.05) is 60.7 Å². The molecule has 5 heteroatoms. The fourth-order valence-corrected chi connectivity index (χ4v) is 4.91. The van der Waals surface area contributed by atoms with Gasteiger partial charge in [0.25, 0.3) is 0 Å². The number of benzene rings is 2. The number of rotatable bonds is 9. The van der Waals surface area contributed by atoms with Crippen molar-refractivity contribution in [3.8, 4) is 0 Å². The zero-order valence-electron chi connectivity index (χ0n) is 18.2. The highest BCUT2D eigenvalue weighted by Gasteiger charge is 2.42. The van der Waals surface area contributed by atoms with Gasteiger partial charge in [0.1, 0.15) is 16.9 Å². The Morgan fingerprint density at radius 2 is 1.70 bits per heavy atom. The molecule has 2 aromatic rings. The van der Waals surface area contributed by atoms with E-state index in [4.69, 9.17) is 9.47 Å². The van der Waals surface area contributed by atoms with Crippen LogP contribution in [0.5, 0.6) is 0 Å². The molecule has 162 valence electrons. The van der Waals surface area contributed by atoms with Crippen LogP contribution in [0.15, 0.2) is 73.0 Å². The van der Waals surface area contributed by atoms with Crippen molar-refractivity contribution in [1.82, 2.24) is 4.31 Å². The second kappa shape index (κ2) is 11.0. The van der Waals surface area contributed by atoms with Crippen molar-refractivity contribution < 1.29 is 14.0 Å². The van der Waals surface area contributed by atoms with E-state index in [9.17, 15) is 4.55 Å². The van der Waals surface area contributed by atoms with E-state index in [-0.39, 0.29) is 16.9 Å². The van der Waals surface area contributed by atoms with Crippen molar-refractivity contribution >= 4 is 11.4 Å². The van der Waals surface area contributed by atoms with Crippen molar-refractivity contribution in [3.63, 3.8) is 0 Å². The molecule has 0 amide bonds. The zero-order valence-corrected chi connectivity index (χ0v) is 19.0. The summed E-state index contributed by atoms with van der Waals surface area (Å²) in [6.45, 7) is 7.64. The van der Waals surface area contributed by atoms with Crippen LogP contribution in [0.25, 0.3) is 0 Å². The molecule has 1 aliphatic heterocycles. The van der Waals surface area contributed by atoms with Crippen molar-refractivity contribution in [2.24, 2.45) is 0 Å². The van der Waals surface area contributed by atoms with Crippen LogP contribution in [-0.4, -0.2) is 32.4 Å². The lowest BCUT2D eigenvalue weighted by atomic mass is 10.0. The Labute approximate surface area is 184 Å². The molecule has 0 saturated carbocycles. The van der Waals surface area contributed by atoms with E-state index in [1.165, 1.54) is 0 Å². The highest BCUT2D eigenvalue weighted by atomic mass is 32.2. The first kappa shape index (κ1) is 22.9. The highest BCUT2D eigenvalue weighted by Crippen LogP contribution is 2.29. The maximum Gasteiger partial charge on any atom is 0.137 e. The van der Waals surface area contributed by atoms with Gasteiger partial charge in [-0.15, -0.1) is 4.31 Å². The van der Waals surface area contributed by atoms with E-state index in [0.717, 1.165) is 24.0 Å². The molecule has 0 N–H and O–H groups in total. The number of hydrogen-bond acceptors (Lipinski definition) is 4. The number of ether oxygens (including phenoxy) is 2. The van der Waals surface area contributed by atoms with E-state index in [0.29, 0.717) is 19.8 Å². The topological polar surface area (TPSA) is 44.8 Å². The van der Waals surface area contributed by atoms with Crippen LogP contribution in [0.2, 0.25) is 0 Å². The van der Waals surface area contributed by atoms with Gasteiger partial charge in [-0.25, -0.2) is 0 Å². The second-order valence-electron chi connectivity index (χ2n) is 8.61. The van der Waals surface area contributed by atoms with Crippen LogP contribution in [0.3, 0.4) is 0 Å². The predicted octanol–water partition coefficient (Wildman–Crippen LogP) is 5.23. The number of hydrogen-bond donors (Lipinski definition) is 0. The summed E-state index contributed by atoms with van der Waals surface area (Å²) in [7, 11) is 0. The zero-order chi connectivity index (χ0) is 21.4. The third-order valence-electron chi connectivity index (χ3n) is 5.08. The molecule has 0 spiro atoms. The maximum absolute atomic E-state index is 13.6. The van der Waals surface area contributed by atoms with Crippen molar-refractivity contribution in [2.75, 3.05) is 6.61 Å². The summed E-state index contributed by atoms with van der Waals surface area (Å²) in [5.41, 5.74) is 2.27. The molecular weight excluding hydrogens is 394 g/mol. The smallest absolute Gasteiger partial charge is 0.137 e. The van der Waals surface area contributed by atoms with Crippen LogP contribution in [0.4, 0.5) is 0 Å². The van der Waals surface area contributed by atoms with E-state index >= 15 is 0 Å². The molecule has 0 radical (unpaired) electrons. The highest BCUT2D eigenvalue weighted by molar-refractivity contribution is 7.90. The Bertz CT molecular complexity index is 776. The Hall–Kier alpha value is -1.79. The third-order valence-corrected chi connectivity index (χ3v) is 6.96. The van der Waals surface area contributed by atoms with Crippen LogP contribution in [0.1, 0.15) is 44.7 Å². The minimum Gasteiger partial charge on any atom is -0.597 e. The fourth-order valence-electron chi connectivity index (χ4n) is 3.50. The minimum atomic E-state index is -1.21. The van der Waals surface area contributed by atoms with Crippen LogP contribution >= 0.6 is 0 Å². The second-order valence-corrected chi connectivity index (χ2v) is 10.8. The maximum atomic E-state index is 13.6. The van der Waals surface area contributed by atoms with Crippen LogP contribution in [0, 0.1) is 0 Å². The van der Waals surface area contributed by atoms with E-state index < -0.39 is 11.4 Å². The summed E-state index contributed by atoms with van der Waals surface area (Å²) < 4.78 is 27.4. The van der Waals surface area contributed by atoms with E-state index in [1.807, 2.05) is 63.2 Å². The molecule has 0 aromatic heterocycles. The first-order chi connectivity index (χ1) is 14.4. The minimum absolute atomic E-state index is 0.0548. The lowest BCUT2D eigenvalue weighted by Gasteiger charge is -2.40. The van der Waals surface area contributed by atoms with Gasteiger partial charge in [0, 0.05) is 11.4 Å². The van der Waals surface area contributed by atoms with Crippen LogP contribution in [-0.2, 0) is 34.0 Å². The van der Waals surface area contributed by atoms with Crippen molar-refractivity contribution in [1.29, 1.82) is 0 Å². The molecule has 3 rings (SSSR count). The molecule has 0 saturated heterocycles. The van der Waals surface area contributed by atoms with Gasteiger partial charge in [0.15, 0.2) is 0 Å². The Morgan fingerprint density at radius 3 is 2.27 bits per heavy atom. The first-order valence-electron chi connectivity index (χ1n) is 10.6. The molecule has 3 atom stereocenters. The average molecular weight is 428 g/mol. The first-order valence-corrected chi connectivity index (χ1v) is 11.7. The van der Waals surface area contributed by atoms with E-state index in [2.05, 4.69) is 28.6 Å². The molecular formula is C25H33NO3S. The normalized spacial score (nSPS) is 18.8. The predicted molar refractivity (Wildman–Crippen MR) is 123 cm³/mol. The summed E-state index contributed by atoms with van der Waals surface area (Å²) in [5, 5.41) is 0. The Kier molecular flexibility index (Phi) is 8.40. The number of nitrogens with zero attached hydrogens (tertiary/aromatic N) is 1. The molecule has 30 heavy (non-hydrogen) atoms. The summed E-state index contributed by atoms with van der Waals surface area (Å²) in [6.07, 6.45) is 5.62. The molecule has 0 unspecified atom stereocenters. The quantitative estimate of drug-likeness (QED) is 0.514. The lowest BCUT2D eigenvalue weighted by Crippen LogP contribution is -2.54. The summed E-state index contributed by atoms with van der Waals surface area (Å²) in [6, 6.07) is 20.2. The summed E-state index contributed by atoms with van der Waals surface area (Å²) >= 11 is -1.21. The largest absolute Gasteiger partial charge is 0.597 e. The van der Waals surface area contributed by atoms with Gasteiger partial charge in [0.05, 0.1) is 26.0 Å². The summed E-state index contributed by atoms with van der Waals surface area (Å²) in [4.78, 5) is 0. The molecule has 1 heterocycles. The van der Waals surface area contributed by atoms with Gasteiger partial charge < -0.3 is 14.0 Å². The van der Waals surface area contributed by atoms with Gasteiger partial charge in [0.2, 0.25) is 0 Å². The Morgan fingerprint density at radius 1 is 1.07 bits per heavy atom. The average Bonchev–Trinajstić information content (AvgIpc) is 2.76. The molecule has 0 aliphatic carbocycles. The van der Waals surface area contributed by atoms with Gasteiger partial charge in [-0.3, -0.25) is 0 Å². The molecule has 0 fully saturated rings. The van der Waals surface area contributed by atoms with Gasteiger partial charge in [-0.05, 0) is 50.8 Å². The van der Waals surface area contributed by atoms with Crippen LogP contribution < -0.4 is 0 Å². The SMILES string of the molecule is CC(C)(C)[S@@+]([O-])N(Cc1ccccc1)[C@H](COCc1ccccc1)[C@@H]1CCC=CO1.